The van der Waals surface area contributed by atoms with Gasteiger partial charge in [-0.15, -0.1) is 0 Å². The number of hydrogen-bond acceptors (Lipinski definition) is 6. The van der Waals surface area contributed by atoms with E-state index in [0.29, 0.717) is 19.8 Å². The molecule has 0 saturated carbocycles. The van der Waals surface area contributed by atoms with Gasteiger partial charge in [-0.3, -0.25) is 0 Å². The molecule has 1 heterocycles. The van der Waals surface area contributed by atoms with Crippen LogP contribution in [-0.4, -0.2) is 57.1 Å². The molecular formula is C29H43B2O5PS. The Hall–Kier alpha value is -1.01. The van der Waals surface area contributed by atoms with Gasteiger partial charge in [0.1, 0.15) is 0 Å². The molecule has 0 aromatic heterocycles. The maximum absolute atomic E-state index is 6.77. The molecule has 0 amide bonds. The van der Waals surface area contributed by atoms with Crippen LogP contribution in [0, 0.1) is 6.92 Å². The summed E-state index contributed by atoms with van der Waals surface area (Å²) in [6.45, 7) is 16.4. The molecule has 6 atom stereocenters. The number of unbranched alkanes of at least 4 members (excludes halogenated alkanes) is 1. The van der Waals surface area contributed by atoms with E-state index in [1.165, 1.54) is 16.0 Å². The van der Waals surface area contributed by atoms with E-state index in [9.17, 15) is 0 Å². The van der Waals surface area contributed by atoms with Crippen LogP contribution in [0.4, 0.5) is 0 Å². The van der Waals surface area contributed by atoms with Crippen molar-refractivity contribution in [2.45, 2.75) is 94.7 Å². The van der Waals surface area contributed by atoms with Gasteiger partial charge in [0.25, 0.3) is 0 Å². The molecule has 0 radical (unpaired) electrons. The van der Waals surface area contributed by atoms with Crippen molar-refractivity contribution in [1.29, 1.82) is 0 Å². The summed E-state index contributed by atoms with van der Waals surface area (Å²) in [7, 11) is 4.21. The monoisotopic (exact) mass is 556 g/mol. The van der Waals surface area contributed by atoms with Gasteiger partial charge < -0.3 is 0 Å². The van der Waals surface area contributed by atoms with Gasteiger partial charge in [-0.1, -0.05) is 6.07 Å². The zero-order valence-corrected chi connectivity index (χ0v) is 25.7. The van der Waals surface area contributed by atoms with Crippen molar-refractivity contribution in [1.82, 2.24) is 0 Å². The summed E-state index contributed by atoms with van der Waals surface area (Å²) >= 11 is 1.70. The Balaban J connectivity index is 1.83. The predicted octanol–water partition coefficient (Wildman–Crippen LogP) is 6.46. The fraction of sp³-hybridized carbons (Fsp3) is 0.586. The van der Waals surface area contributed by atoms with Crippen LogP contribution < -0.4 is 0 Å². The van der Waals surface area contributed by atoms with Gasteiger partial charge in [-0.25, -0.2) is 0 Å². The number of thioether (sulfide) groups is 1. The number of rotatable bonds is 13. The second-order valence-electron chi connectivity index (χ2n) is 10.7. The van der Waals surface area contributed by atoms with E-state index in [0.717, 1.165) is 18.4 Å². The topological polar surface area (TPSA) is 46.2 Å². The van der Waals surface area contributed by atoms with Crippen molar-refractivity contribution in [3.05, 3.63) is 65.2 Å². The normalized spacial score (nSPS) is 21.5. The molecular weight excluding hydrogens is 513 g/mol. The zero-order chi connectivity index (χ0) is 27.5. The summed E-state index contributed by atoms with van der Waals surface area (Å²) in [6.07, 6.45) is 0.986. The van der Waals surface area contributed by atoms with Gasteiger partial charge in [-0.05, 0) is 0 Å². The molecule has 3 rings (SSSR count). The van der Waals surface area contributed by atoms with Crippen molar-refractivity contribution in [3.63, 3.8) is 0 Å². The van der Waals surface area contributed by atoms with E-state index in [1.807, 2.05) is 30.3 Å². The standard InChI is InChI=1S/C29H43B2O5PS/c1-7-8-16-32-25(19-34-30-31-37)28(38-26-17-23(29(4,5)6)15-14-20(26)2)36-24-18-33-27(35-21(24)3)22-12-10-9-11-13-22/h9-15,17,21,24-25,27-28H,7-8,16,18-19,37H2,1-6H3/t21-,24?,25-,27?,28-/m0/s1. The molecule has 3 unspecified atom stereocenters. The molecule has 1 aliphatic heterocycles. The van der Waals surface area contributed by atoms with Crippen LogP contribution in [0.3, 0.4) is 0 Å². The van der Waals surface area contributed by atoms with Crippen molar-refractivity contribution >= 4 is 34.4 Å². The number of hydrogen-bond donors (Lipinski definition) is 0. The average molecular weight is 556 g/mol. The Morgan fingerprint density at radius 1 is 1.16 bits per heavy atom. The van der Waals surface area contributed by atoms with E-state index >= 15 is 0 Å². The van der Waals surface area contributed by atoms with Crippen LogP contribution >= 0.6 is 20.9 Å². The third-order valence-corrected chi connectivity index (χ3v) is 8.02. The molecule has 0 aliphatic carbocycles. The number of ether oxygens (including phenoxy) is 4. The molecule has 2 aromatic carbocycles. The van der Waals surface area contributed by atoms with Crippen molar-refractivity contribution in [2.24, 2.45) is 0 Å². The predicted molar refractivity (Wildman–Crippen MR) is 162 cm³/mol. The van der Waals surface area contributed by atoms with Crippen molar-refractivity contribution in [2.75, 3.05) is 19.8 Å². The zero-order valence-electron chi connectivity index (χ0n) is 23.7. The summed E-state index contributed by atoms with van der Waals surface area (Å²) in [5.74, 6) is 0. The first-order valence-electron chi connectivity index (χ1n) is 13.6. The second-order valence-corrected chi connectivity index (χ2v) is 12.3. The SMILES string of the molecule is CCCCO[C@@H](COB=BP)[C@@H](OC1COC(c2ccccc2)O[C@H]1C)Sc1cc(C(C)(C)C)ccc1C. The molecule has 1 aliphatic rings. The Morgan fingerprint density at radius 3 is 2.58 bits per heavy atom. The third kappa shape index (κ3) is 9.57. The minimum absolute atomic E-state index is 0.0507. The van der Waals surface area contributed by atoms with Crippen LogP contribution in [0.2, 0.25) is 0 Å². The van der Waals surface area contributed by atoms with Crippen LogP contribution in [-0.2, 0) is 29.0 Å². The Bertz CT molecular complexity index is 1000. The van der Waals surface area contributed by atoms with E-state index in [2.05, 4.69) is 68.9 Å². The fourth-order valence-electron chi connectivity index (χ4n) is 4.05. The van der Waals surface area contributed by atoms with Crippen molar-refractivity contribution in [3.8, 4) is 0 Å². The maximum atomic E-state index is 6.77. The number of aryl methyl sites for hydroxylation is 1. The van der Waals surface area contributed by atoms with Crippen molar-refractivity contribution < 1.29 is 23.6 Å². The second kappa shape index (κ2) is 15.7. The summed E-state index contributed by atoms with van der Waals surface area (Å²) in [5, 5.41) is 0. The molecule has 0 spiro atoms. The summed E-state index contributed by atoms with van der Waals surface area (Å²) in [4.78, 5) is 1.18. The first-order chi connectivity index (χ1) is 18.2. The van der Waals surface area contributed by atoms with Crippen LogP contribution in [0.1, 0.15) is 70.4 Å². The molecule has 2 aromatic rings. The molecule has 9 heteroatoms. The quantitative estimate of drug-likeness (QED) is 0.0929. The first-order valence-corrected chi connectivity index (χ1v) is 15.1. The molecule has 0 N–H and O–H groups in total. The van der Waals surface area contributed by atoms with Gasteiger partial charge in [0, 0.05) is 0 Å². The van der Waals surface area contributed by atoms with Crippen LogP contribution in [0.5, 0.6) is 0 Å². The van der Waals surface area contributed by atoms with E-state index in [-0.39, 0.29) is 29.2 Å². The average Bonchev–Trinajstić information content (AvgIpc) is 2.89. The minimum atomic E-state index is -0.394. The first kappa shape index (κ1) is 31.5. The molecule has 0 bridgehead atoms. The van der Waals surface area contributed by atoms with E-state index in [1.54, 1.807) is 25.3 Å². The van der Waals surface area contributed by atoms with Crippen LogP contribution in [0.25, 0.3) is 0 Å². The van der Waals surface area contributed by atoms with Gasteiger partial charge in [-0.2, -0.15) is 0 Å². The summed E-state index contributed by atoms with van der Waals surface area (Å²) in [6, 6.07) is 16.7. The fourth-order valence-corrected chi connectivity index (χ4v) is 5.36. The molecule has 206 valence electrons. The molecule has 1 fully saturated rings. The number of benzene rings is 2. The third-order valence-electron chi connectivity index (χ3n) is 6.52. The molecule has 5 nitrogen and oxygen atoms in total. The van der Waals surface area contributed by atoms with E-state index in [4.69, 9.17) is 23.6 Å². The Kier molecular flexibility index (Phi) is 13.0. The van der Waals surface area contributed by atoms with Gasteiger partial charge in [0.05, 0.1) is 0 Å². The van der Waals surface area contributed by atoms with Gasteiger partial charge in [0.15, 0.2) is 0 Å². The molecule has 1 saturated heterocycles. The van der Waals surface area contributed by atoms with E-state index < -0.39 is 6.29 Å². The van der Waals surface area contributed by atoms with Gasteiger partial charge in [0.2, 0.25) is 0 Å². The Labute approximate surface area is 237 Å². The Morgan fingerprint density at radius 2 is 1.92 bits per heavy atom. The van der Waals surface area contributed by atoms with Crippen LogP contribution in [0.15, 0.2) is 53.4 Å². The molecule has 38 heavy (non-hydrogen) atoms. The van der Waals surface area contributed by atoms with Gasteiger partial charge >= 0.3 is 232 Å². The summed E-state index contributed by atoms with van der Waals surface area (Å²) in [5.41, 5.74) is 3.25. The summed E-state index contributed by atoms with van der Waals surface area (Å²) < 4.78 is 31.3.